The zero-order valence-electron chi connectivity index (χ0n) is 10.0. The number of nitrogens with zero attached hydrogens (tertiary/aromatic N) is 1. The Kier molecular flexibility index (Phi) is 4.35. The van der Waals surface area contributed by atoms with Crippen molar-refractivity contribution in [2.24, 2.45) is 0 Å². The van der Waals surface area contributed by atoms with E-state index >= 15 is 0 Å². The zero-order chi connectivity index (χ0) is 12.3. The Hall–Kier alpha value is -0.580. The highest BCUT2D eigenvalue weighted by atomic mass is 79.9. The van der Waals surface area contributed by atoms with Gasteiger partial charge in [0.2, 0.25) is 11.8 Å². The van der Waals surface area contributed by atoms with Gasteiger partial charge in [-0.05, 0) is 33.6 Å². The fourth-order valence-electron chi connectivity index (χ4n) is 1.64. The van der Waals surface area contributed by atoms with Crippen LogP contribution in [-0.2, 0) is 9.59 Å². The molecule has 0 bridgehead atoms. The molecule has 1 aliphatic rings. The third kappa shape index (κ3) is 3.47. The molecule has 16 heavy (non-hydrogen) atoms. The Labute approximate surface area is 105 Å². The van der Waals surface area contributed by atoms with Crippen LogP contribution in [0.2, 0.25) is 0 Å². The van der Waals surface area contributed by atoms with Crippen LogP contribution >= 0.6 is 15.9 Å². The van der Waals surface area contributed by atoms with Crippen molar-refractivity contribution in [3.63, 3.8) is 0 Å². The SMILES string of the molecule is CC(NC(=O)C(C)(C)Br)C(=O)N1CCCC1. The summed E-state index contributed by atoms with van der Waals surface area (Å²) in [5.41, 5.74) is 0. The summed E-state index contributed by atoms with van der Waals surface area (Å²) in [5, 5.41) is 2.72. The van der Waals surface area contributed by atoms with Gasteiger partial charge in [0, 0.05) is 13.1 Å². The van der Waals surface area contributed by atoms with Crippen LogP contribution in [0, 0.1) is 0 Å². The molecule has 1 heterocycles. The largest absolute Gasteiger partial charge is 0.343 e. The first-order chi connectivity index (χ1) is 7.32. The Morgan fingerprint density at radius 3 is 2.25 bits per heavy atom. The van der Waals surface area contributed by atoms with E-state index in [1.807, 2.05) is 4.90 Å². The molecule has 0 aliphatic carbocycles. The van der Waals surface area contributed by atoms with Gasteiger partial charge in [-0.15, -0.1) is 0 Å². The summed E-state index contributed by atoms with van der Waals surface area (Å²) in [4.78, 5) is 25.4. The molecule has 0 radical (unpaired) electrons. The van der Waals surface area contributed by atoms with Gasteiger partial charge in [0.15, 0.2) is 0 Å². The number of nitrogens with one attached hydrogen (secondary N) is 1. The highest BCUT2D eigenvalue weighted by molar-refractivity contribution is 9.10. The molecule has 0 aromatic carbocycles. The lowest BCUT2D eigenvalue weighted by Gasteiger charge is -2.24. The van der Waals surface area contributed by atoms with Gasteiger partial charge in [-0.3, -0.25) is 9.59 Å². The molecule has 1 rings (SSSR count). The van der Waals surface area contributed by atoms with Gasteiger partial charge in [0.25, 0.3) is 0 Å². The van der Waals surface area contributed by atoms with Crippen LogP contribution in [0.4, 0.5) is 0 Å². The summed E-state index contributed by atoms with van der Waals surface area (Å²) in [5.74, 6) is -0.143. The summed E-state index contributed by atoms with van der Waals surface area (Å²) in [6.07, 6.45) is 2.13. The van der Waals surface area contributed by atoms with Crippen LogP contribution in [0.15, 0.2) is 0 Å². The standard InChI is InChI=1S/C11H19BrN2O2/c1-8(13-10(16)11(2,3)12)9(15)14-6-4-5-7-14/h8H,4-7H2,1-3H3,(H,13,16). The molecule has 92 valence electrons. The predicted octanol–water partition coefficient (Wildman–Crippen LogP) is 1.29. The van der Waals surface area contributed by atoms with E-state index in [2.05, 4.69) is 21.2 Å². The maximum absolute atomic E-state index is 11.9. The fourth-order valence-corrected chi connectivity index (χ4v) is 1.76. The maximum Gasteiger partial charge on any atom is 0.244 e. The second-order valence-electron chi connectivity index (χ2n) is 4.70. The lowest BCUT2D eigenvalue weighted by atomic mass is 10.2. The minimum absolute atomic E-state index is 0.0163. The lowest BCUT2D eigenvalue weighted by molar-refractivity contribution is -0.135. The minimum Gasteiger partial charge on any atom is -0.343 e. The number of likely N-dealkylation sites (tertiary alicyclic amines) is 1. The first kappa shape index (κ1) is 13.5. The smallest absolute Gasteiger partial charge is 0.244 e. The van der Waals surface area contributed by atoms with Crippen molar-refractivity contribution < 1.29 is 9.59 Å². The van der Waals surface area contributed by atoms with Gasteiger partial charge in [-0.25, -0.2) is 0 Å². The molecule has 0 aromatic heterocycles. The second-order valence-corrected chi connectivity index (χ2v) is 6.68. The number of carbonyl (C=O) groups is 2. The molecular weight excluding hydrogens is 272 g/mol. The lowest BCUT2D eigenvalue weighted by Crippen LogP contribution is -2.50. The Morgan fingerprint density at radius 1 is 1.31 bits per heavy atom. The Bertz CT molecular complexity index is 280. The monoisotopic (exact) mass is 290 g/mol. The number of rotatable bonds is 3. The van der Waals surface area contributed by atoms with Crippen LogP contribution in [0.5, 0.6) is 0 Å². The number of alkyl halides is 1. The zero-order valence-corrected chi connectivity index (χ0v) is 11.6. The van der Waals surface area contributed by atoms with Gasteiger partial charge >= 0.3 is 0 Å². The van der Waals surface area contributed by atoms with Crippen molar-refractivity contribution in [3.8, 4) is 0 Å². The molecule has 1 atom stereocenters. The average Bonchev–Trinajstić information content (AvgIpc) is 2.67. The van der Waals surface area contributed by atoms with E-state index in [1.54, 1.807) is 20.8 Å². The summed E-state index contributed by atoms with van der Waals surface area (Å²) < 4.78 is -0.632. The van der Waals surface area contributed by atoms with Gasteiger partial charge in [0.1, 0.15) is 6.04 Å². The summed E-state index contributed by atoms with van der Waals surface area (Å²) in [6.45, 7) is 6.88. The van der Waals surface area contributed by atoms with Crippen molar-refractivity contribution in [1.82, 2.24) is 10.2 Å². The van der Waals surface area contributed by atoms with Crippen molar-refractivity contribution in [3.05, 3.63) is 0 Å². The molecular formula is C11H19BrN2O2. The van der Waals surface area contributed by atoms with E-state index < -0.39 is 10.4 Å². The van der Waals surface area contributed by atoms with E-state index in [1.165, 1.54) is 0 Å². The van der Waals surface area contributed by atoms with Gasteiger partial charge < -0.3 is 10.2 Å². The first-order valence-electron chi connectivity index (χ1n) is 5.61. The predicted molar refractivity (Wildman–Crippen MR) is 66.4 cm³/mol. The Balaban J connectivity index is 2.48. The fraction of sp³-hybridized carbons (Fsp3) is 0.818. The maximum atomic E-state index is 11.9. The number of carbonyl (C=O) groups excluding carboxylic acids is 2. The normalized spacial score (nSPS) is 18.4. The van der Waals surface area contributed by atoms with Crippen molar-refractivity contribution >= 4 is 27.7 Å². The number of hydrogen-bond acceptors (Lipinski definition) is 2. The molecule has 1 unspecified atom stereocenters. The molecule has 2 amide bonds. The molecule has 0 spiro atoms. The number of hydrogen-bond donors (Lipinski definition) is 1. The molecule has 1 aliphatic heterocycles. The van der Waals surface area contributed by atoms with Crippen LogP contribution in [0.25, 0.3) is 0 Å². The second kappa shape index (κ2) is 5.17. The summed E-state index contributed by atoms with van der Waals surface area (Å²) >= 11 is 3.27. The first-order valence-corrected chi connectivity index (χ1v) is 6.40. The number of halogens is 1. The quantitative estimate of drug-likeness (QED) is 0.797. The van der Waals surface area contributed by atoms with Gasteiger partial charge in [0.05, 0.1) is 4.32 Å². The van der Waals surface area contributed by atoms with Crippen LogP contribution in [0.3, 0.4) is 0 Å². The molecule has 4 nitrogen and oxygen atoms in total. The van der Waals surface area contributed by atoms with Crippen molar-refractivity contribution in [2.45, 2.75) is 44.0 Å². The molecule has 1 N–H and O–H groups in total. The molecule has 0 saturated carbocycles. The van der Waals surface area contributed by atoms with Crippen molar-refractivity contribution in [2.75, 3.05) is 13.1 Å². The van der Waals surface area contributed by atoms with E-state index in [4.69, 9.17) is 0 Å². The minimum atomic E-state index is -0.632. The van der Waals surface area contributed by atoms with Gasteiger partial charge in [-0.1, -0.05) is 15.9 Å². The van der Waals surface area contributed by atoms with E-state index in [0.29, 0.717) is 0 Å². The summed E-state index contributed by atoms with van der Waals surface area (Å²) in [7, 11) is 0. The number of amides is 2. The highest BCUT2D eigenvalue weighted by Gasteiger charge is 2.29. The third-order valence-electron chi connectivity index (χ3n) is 2.68. The molecule has 5 heteroatoms. The molecule has 1 saturated heterocycles. The topological polar surface area (TPSA) is 49.4 Å². The molecule has 1 fully saturated rings. The third-order valence-corrected chi connectivity index (χ3v) is 3.04. The average molecular weight is 291 g/mol. The Morgan fingerprint density at radius 2 is 1.81 bits per heavy atom. The highest BCUT2D eigenvalue weighted by Crippen LogP contribution is 2.16. The summed E-state index contributed by atoms with van der Waals surface area (Å²) in [6, 6.07) is -0.442. The van der Waals surface area contributed by atoms with E-state index in [0.717, 1.165) is 25.9 Å². The van der Waals surface area contributed by atoms with Crippen LogP contribution in [0.1, 0.15) is 33.6 Å². The van der Waals surface area contributed by atoms with Crippen LogP contribution < -0.4 is 5.32 Å². The van der Waals surface area contributed by atoms with Gasteiger partial charge in [-0.2, -0.15) is 0 Å². The van der Waals surface area contributed by atoms with E-state index in [-0.39, 0.29) is 11.8 Å². The van der Waals surface area contributed by atoms with Crippen LogP contribution in [-0.4, -0.2) is 40.2 Å². The van der Waals surface area contributed by atoms with E-state index in [9.17, 15) is 9.59 Å². The van der Waals surface area contributed by atoms with Crippen molar-refractivity contribution in [1.29, 1.82) is 0 Å². The molecule has 0 aromatic rings.